The summed E-state index contributed by atoms with van der Waals surface area (Å²) in [5, 5.41) is 3.98. The molecule has 0 aliphatic carbocycles. The van der Waals surface area contributed by atoms with E-state index in [2.05, 4.69) is 10.1 Å². The Morgan fingerprint density at radius 3 is 2.62 bits per heavy atom. The van der Waals surface area contributed by atoms with Gasteiger partial charge in [-0.1, -0.05) is 0 Å². The van der Waals surface area contributed by atoms with Gasteiger partial charge in [0.1, 0.15) is 5.82 Å². The molecule has 0 aromatic carbocycles. The maximum absolute atomic E-state index is 12.8. The van der Waals surface area contributed by atoms with Crippen molar-refractivity contribution >= 4 is 5.91 Å². The van der Waals surface area contributed by atoms with Gasteiger partial charge in [0.15, 0.2) is 5.69 Å². The molecular weight excluding hydrogens is 323 g/mol. The van der Waals surface area contributed by atoms with Gasteiger partial charge in [-0.05, 0) is 12.8 Å². The highest BCUT2D eigenvalue weighted by molar-refractivity contribution is 5.93. The Morgan fingerprint density at radius 2 is 2.04 bits per heavy atom. The van der Waals surface area contributed by atoms with Crippen LogP contribution in [0, 0.1) is 0 Å². The van der Waals surface area contributed by atoms with Crippen molar-refractivity contribution in [1.29, 1.82) is 0 Å². The van der Waals surface area contributed by atoms with Crippen LogP contribution in [0.1, 0.15) is 40.6 Å². The summed E-state index contributed by atoms with van der Waals surface area (Å²) < 4.78 is 41.4. The fourth-order valence-electron chi connectivity index (χ4n) is 3.08. The molecule has 0 N–H and O–H groups in total. The van der Waals surface area contributed by atoms with Crippen molar-refractivity contribution in [2.24, 2.45) is 14.1 Å². The van der Waals surface area contributed by atoms with Crippen LogP contribution in [0.15, 0.2) is 18.6 Å². The molecule has 1 saturated heterocycles. The van der Waals surface area contributed by atoms with Gasteiger partial charge < -0.3 is 9.47 Å². The van der Waals surface area contributed by atoms with Crippen LogP contribution in [0.25, 0.3) is 0 Å². The summed E-state index contributed by atoms with van der Waals surface area (Å²) in [4.78, 5) is 17.9. The predicted octanol–water partition coefficient (Wildman–Crippen LogP) is 2.19. The molecular formula is C15H18F3N5O. The number of halogens is 3. The van der Waals surface area contributed by atoms with Crippen LogP contribution in [-0.4, -0.2) is 43.2 Å². The number of hydrogen-bond donors (Lipinski definition) is 0. The molecule has 9 heteroatoms. The normalized spacial score (nSPS) is 18.9. The van der Waals surface area contributed by atoms with Crippen LogP contribution in [-0.2, 0) is 20.3 Å². The fraction of sp³-hybridized carbons (Fsp3) is 0.533. The average Bonchev–Trinajstić information content (AvgIpc) is 3.12. The van der Waals surface area contributed by atoms with Crippen LogP contribution < -0.4 is 0 Å². The van der Waals surface area contributed by atoms with E-state index >= 15 is 0 Å². The molecule has 3 rings (SSSR count). The van der Waals surface area contributed by atoms with Crippen LogP contribution in [0.4, 0.5) is 13.2 Å². The molecule has 1 amide bonds. The van der Waals surface area contributed by atoms with Gasteiger partial charge in [0.2, 0.25) is 0 Å². The Balaban J connectivity index is 1.79. The summed E-state index contributed by atoms with van der Waals surface area (Å²) in [5.74, 6) is 0.00420. The Labute approximate surface area is 136 Å². The highest BCUT2D eigenvalue weighted by Crippen LogP contribution is 2.32. The number of likely N-dealkylation sites (tertiary alicyclic amines) is 1. The molecule has 6 nitrogen and oxygen atoms in total. The molecule has 1 atom stereocenters. The lowest BCUT2D eigenvalue weighted by Gasteiger charge is -2.32. The lowest BCUT2D eigenvalue weighted by Crippen LogP contribution is -2.39. The predicted molar refractivity (Wildman–Crippen MR) is 79.3 cm³/mol. The molecule has 24 heavy (non-hydrogen) atoms. The molecule has 130 valence electrons. The van der Waals surface area contributed by atoms with Gasteiger partial charge in [-0.15, -0.1) is 0 Å². The van der Waals surface area contributed by atoms with E-state index in [9.17, 15) is 18.0 Å². The van der Waals surface area contributed by atoms with E-state index in [-0.39, 0.29) is 11.8 Å². The largest absolute Gasteiger partial charge is 0.434 e. The minimum Gasteiger partial charge on any atom is -0.338 e. The molecule has 0 spiro atoms. The molecule has 0 bridgehead atoms. The van der Waals surface area contributed by atoms with E-state index in [0.29, 0.717) is 30.9 Å². The van der Waals surface area contributed by atoms with E-state index in [4.69, 9.17) is 0 Å². The first-order chi connectivity index (χ1) is 11.3. The summed E-state index contributed by atoms with van der Waals surface area (Å²) in [7, 11) is 3.28. The number of aromatic nitrogens is 4. The summed E-state index contributed by atoms with van der Waals surface area (Å²) in [6.45, 7) is 0.941. The van der Waals surface area contributed by atoms with Crippen LogP contribution in [0.2, 0.25) is 0 Å². The topological polar surface area (TPSA) is 56.0 Å². The summed E-state index contributed by atoms with van der Waals surface area (Å²) in [6.07, 6.45) is 1.10. The van der Waals surface area contributed by atoms with Crippen molar-refractivity contribution in [2.75, 3.05) is 13.1 Å². The lowest BCUT2D eigenvalue weighted by atomic mass is 9.96. The Bertz CT molecular complexity index is 749. The number of alkyl halides is 3. The minimum atomic E-state index is -4.46. The van der Waals surface area contributed by atoms with Crippen molar-refractivity contribution in [2.45, 2.75) is 24.9 Å². The van der Waals surface area contributed by atoms with Gasteiger partial charge in [0.05, 0.1) is 11.8 Å². The highest BCUT2D eigenvalue weighted by atomic mass is 19.4. The lowest BCUT2D eigenvalue weighted by molar-refractivity contribution is -0.141. The van der Waals surface area contributed by atoms with E-state index < -0.39 is 11.9 Å². The molecule has 1 aliphatic rings. The molecule has 2 aromatic rings. The number of hydrogen-bond acceptors (Lipinski definition) is 3. The van der Waals surface area contributed by atoms with Crippen molar-refractivity contribution in [3.05, 3.63) is 35.7 Å². The maximum atomic E-state index is 12.8. The summed E-state index contributed by atoms with van der Waals surface area (Å²) in [6, 6.07) is 0. The number of imidazole rings is 1. The van der Waals surface area contributed by atoms with Gasteiger partial charge in [-0.3, -0.25) is 9.48 Å². The van der Waals surface area contributed by atoms with E-state index in [1.807, 2.05) is 0 Å². The number of carbonyl (C=O) groups is 1. The first-order valence-corrected chi connectivity index (χ1v) is 7.64. The molecule has 1 aliphatic heterocycles. The smallest absolute Gasteiger partial charge is 0.338 e. The second-order valence-electron chi connectivity index (χ2n) is 6.09. The highest BCUT2D eigenvalue weighted by Gasteiger charge is 2.36. The first kappa shape index (κ1) is 16.5. The summed E-state index contributed by atoms with van der Waals surface area (Å²) >= 11 is 0. The van der Waals surface area contributed by atoms with Crippen molar-refractivity contribution in [3.8, 4) is 0 Å². The fourth-order valence-corrected chi connectivity index (χ4v) is 3.08. The molecule has 1 fully saturated rings. The molecule has 0 radical (unpaired) electrons. The van der Waals surface area contributed by atoms with Crippen LogP contribution in [0.3, 0.4) is 0 Å². The Hall–Kier alpha value is -2.32. The number of aryl methyl sites for hydroxylation is 2. The van der Waals surface area contributed by atoms with E-state index in [1.54, 1.807) is 29.9 Å². The standard InChI is InChI=1S/C15H18F3N5O/c1-21-9-12(15(16,17)18)20-13(21)10-4-3-5-23(8-10)14(24)11-6-19-22(2)7-11/h6-7,9-10H,3-5,8H2,1-2H3/t10-/m0/s1. The van der Waals surface area contributed by atoms with Crippen LogP contribution >= 0.6 is 0 Å². The number of amides is 1. The first-order valence-electron chi connectivity index (χ1n) is 7.64. The zero-order valence-electron chi connectivity index (χ0n) is 13.4. The summed E-state index contributed by atoms with van der Waals surface area (Å²) in [5.41, 5.74) is -0.412. The minimum absolute atomic E-state index is 0.155. The average molecular weight is 341 g/mol. The third kappa shape index (κ3) is 3.15. The quantitative estimate of drug-likeness (QED) is 0.841. The van der Waals surface area contributed by atoms with Gasteiger partial charge in [0.25, 0.3) is 5.91 Å². The molecule has 0 saturated carbocycles. The number of nitrogens with zero attached hydrogens (tertiary/aromatic N) is 5. The van der Waals surface area contributed by atoms with Crippen molar-refractivity contribution in [1.82, 2.24) is 24.2 Å². The molecule has 2 aromatic heterocycles. The van der Waals surface area contributed by atoms with Gasteiger partial charge in [-0.2, -0.15) is 18.3 Å². The number of piperidine rings is 1. The van der Waals surface area contributed by atoms with Gasteiger partial charge in [-0.25, -0.2) is 4.98 Å². The zero-order chi connectivity index (χ0) is 17.5. The number of rotatable bonds is 2. The number of carbonyl (C=O) groups excluding carboxylic acids is 1. The van der Waals surface area contributed by atoms with E-state index in [0.717, 1.165) is 12.6 Å². The van der Waals surface area contributed by atoms with Gasteiger partial charge >= 0.3 is 6.18 Å². The SMILES string of the molecule is Cn1cc(C(=O)N2CCC[C@H](c3nc(C(F)(F)F)cn3C)C2)cn1. The maximum Gasteiger partial charge on any atom is 0.434 e. The second-order valence-corrected chi connectivity index (χ2v) is 6.09. The Kier molecular flexibility index (Phi) is 4.10. The zero-order valence-corrected chi connectivity index (χ0v) is 13.4. The van der Waals surface area contributed by atoms with Crippen molar-refractivity contribution in [3.63, 3.8) is 0 Å². The molecule has 0 unspecified atom stereocenters. The third-order valence-electron chi connectivity index (χ3n) is 4.23. The van der Waals surface area contributed by atoms with Crippen LogP contribution in [0.5, 0.6) is 0 Å². The second kappa shape index (κ2) is 5.95. The van der Waals surface area contributed by atoms with Crippen molar-refractivity contribution < 1.29 is 18.0 Å². The van der Waals surface area contributed by atoms with E-state index in [1.165, 1.54) is 10.8 Å². The van der Waals surface area contributed by atoms with Gasteiger partial charge in [0, 0.05) is 45.5 Å². The monoisotopic (exact) mass is 341 g/mol. The molecule has 3 heterocycles. The third-order valence-corrected chi connectivity index (χ3v) is 4.23. The Morgan fingerprint density at radius 1 is 1.29 bits per heavy atom.